The Morgan fingerprint density at radius 1 is 1.23 bits per heavy atom. The van der Waals surface area contributed by atoms with Crippen molar-refractivity contribution >= 4 is 5.78 Å². The van der Waals surface area contributed by atoms with Gasteiger partial charge in [0, 0.05) is 12.0 Å². The Balaban J connectivity index is 2.31. The molecule has 0 amide bonds. The maximum atomic E-state index is 11.8. The van der Waals surface area contributed by atoms with Crippen molar-refractivity contribution < 1.29 is 9.53 Å². The molecule has 72 valence electrons. The Kier molecular flexibility index (Phi) is 2.14. The van der Waals surface area contributed by atoms with E-state index in [1.807, 2.05) is 13.8 Å². The third kappa shape index (κ3) is 1.38. The lowest BCUT2D eigenvalue weighted by atomic mass is 9.85. The van der Waals surface area contributed by atoms with Crippen LogP contribution >= 0.6 is 0 Å². The molecule has 0 saturated heterocycles. The van der Waals surface area contributed by atoms with E-state index in [9.17, 15) is 4.79 Å². The summed E-state index contributed by atoms with van der Waals surface area (Å²) in [7, 11) is 0. The first-order valence-electron chi connectivity index (χ1n) is 5.13. The van der Waals surface area contributed by atoms with Gasteiger partial charge in [-0.05, 0) is 26.2 Å². The van der Waals surface area contributed by atoms with Crippen molar-refractivity contribution in [1.29, 1.82) is 0 Å². The quantitative estimate of drug-likeness (QED) is 0.572. The minimum Gasteiger partial charge on any atom is -0.494 e. The molecule has 1 aliphatic heterocycles. The lowest BCUT2D eigenvalue weighted by Gasteiger charge is -2.32. The van der Waals surface area contributed by atoms with Crippen molar-refractivity contribution in [3.63, 3.8) is 0 Å². The SMILES string of the molecule is CC1OC2=C(CCCC2)C(=O)C1C. The van der Waals surface area contributed by atoms with Gasteiger partial charge < -0.3 is 4.74 Å². The zero-order valence-corrected chi connectivity index (χ0v) is 8.30. The number of ketones is 1. The van der Waals surface area contributed by atoms with Crippen LogP contribution in [-0.4, -0.2) is 11.9 Å². The Labute approximate surface area is 79.0 Å². The van der Waals surface area contributed by atoms with E-state index in [1.54, 1.807) is 0 Å². The fourth-order valence-corrected chi connectivity index (χ4v) is 2.08. The van der Waals surface area contributed by atoms with Crippen LogP contribution in [-0.2, 0) is 9.53 Å². The third-order valence-corrected chi connectivity index (χ3v) is 3.16. The van der Waals surface area contributed by atoms with E-state index in [2.05, 4.69) is 0 Å². The molecule has 2 heteroatoms. The predicted octanol–water partition coefficient (Wildman–Crippen LogP) is 2.44. The van der Waals surface area contributed by atoms with Crippen molar-refractivity contribution in [1.82, 2.24) is 0 Å². The fraction of sp³-hybridized carbons (Fsp3) is 0.727. The van der Waals surface area contributed by atoms with Crippen LogP contribution in [0.5, 0.6) is 0 Å². The van der Waals surface area contributed by atoms with Crippen LogP contribution in [0.15, 0.2) is 11.3 Å². The highest BCUT2D eigenvalue weighted by Crippen LogP contribution is 2.34. The average Bonchev–Trinajstić information content (AvgIpc) is 2.15. The molecule has 1 aliphatic carbocycles. The number of hydrogen-bond donors (Lipinski definition) is 0. The number of rotatable bonds is 0. The summed E-state index contributed by atoms with van der Waals surface area (Å²) >= 11 is 0. The molecule has 2 unspecified atom stereocenters. The minimum atomic E-state index is 0.0526. The molecule has 13 heavy (non-hydrogen) atoms. The molecule has 0 N–H and O–H groups in total. The first kappa shape index (κ1) is 8.79. The summed E-state index contributed by atoms with van der Waals surface area (Å²) < 4.78 is 5.73. The lowest BCUT2D eigenvalue weighted by Crippen LogP contribution is -2.33. The van der Waals surface area contributed by atoms with Crippen molar-refractivity contribution in [3.05, 3.63) is 11.3 Å². The van der Waals surface area contributed by atoms with Gasteiger partial charge in [-0.15, -0.1) is 0 Å². The molecule has 0 aromatic rings. The van der Waals surface area contributed by atoms with Crippen molar-refractivity contribution in [2.75, 3.05) is 0 Å². The number of ether oxygens (including phenoxy) is 1. The maximum Gasteiger partial charge on any atom is 0.168 e. The third-order valence-electron chi connectivity index (χ3n) is 3.16. The van der Waals surface area contributed by atoms with E-state index >= 15 is 0 Å². The van der Waals surface area contributed by atoms with Crippen LogP contribution in [0.4, 0.5) is 0 Å². The van der Waals surface area contributed by atoms with Crippen molar-refractivity contribution in [2.45, 2.75) is 45.6 Å². The van der Waals surface area contributed by atoms with E-state index < -0.39 is 0 Å². The molecule has 2 nitrogen and oxygen atoms in total. The zero-order chi connectivity index (χ0) is 9.42. The molecular formula is C11H16O2. The smallest absolute Gasteiger partial charge is 0.168 e. The summed E-state index contributed by atoms with van der Waals surface area (Å²) in [5, 5.41) is 0. The molecule has 2 rings (SSSR count). The van der Waals surface area contributed by atoms with Gasteiger partial charge in [-0.25, -0.2) is 0 Å². The first-order valence-corrected chi connectivity index (χ1v) is 5.13. The molecular weight excluding hydrogens is 164 g/mol. The van der Waals surface area contributed by atoms with Crippen LogP contribution < -0.4 is 0 Å². The normalized spacial score (nSPS) is 34.2. The highest BCUT2D eigenvalue weighted by atomic mass is 16.5. The van der Waals surface area contributed by atoms with Gasteiger partial charge in [-0.3, -0.25) is 4.79 Å². The average molecular weight is 180 g/mol. The summed E-state index contributed by atoms with van der Waals surface area (Å²) in [5.74, 6) is 1.37. The Morgan fingerprint density at radius 2 is 1.92 bits per heavy atom. The molecule has 2 atom stereocenters. The van der Waals surface area contributed by atoms with Gasteiger partial charge in [0.2, 0.25) is 0 Å². The van der Waals surface area contributed by atoms with Gasteiger partial charge in [-0.1, -0.05) is 6.92 Å². The van der Waals surface area contributed by atoms with Crippen LogP contribution in [0, 0.1) is 5.92 Å². The summed E-state index contributed by atoms with van der Waals surface area (Å²) in [6.45, 7) is 3.95. The van der Waals surface area contributed by atoms with E-state index in [0.29, 0.717) is 5.78 Å². The molecule has 0 aromatic heterocycles. The minimum absolute atomic E-state index is 0.0526. The second-order valence-electron chi connectivity index (χ2n) is 4.08. The second kappa shape index (κ2) is 3.17. The van der Waals surface area contributed by atoms with Gasteiger partial charge in [0.15, 0.2) is 5.78 Å². The largest absolute Gasteiger partial charge is 0.494 e. The highest BCUT2D eigenvalue weighted by molar-refractivity contribution is 5.98. The van der Waals surface area contributed by atoms with E-state index in [-0.39, 0.29) is 12.0 Å². The summed E-state index contributed by atoms with van der Waals surface area (Å²) in [5.41, 5.74) is 0.983. The van der Waals surface area contributed by atoms with E-state index in [4.69, 9.17) is 4.74 Å². The lowest BCUT2D eigenvalue weighted by molar-refractivity contribution is -0.125. The molecule has 0 radical (unpaired) electrons. The molecule has 0 saturated carbocycles. The predicted molar refractivity (Wildman–Crippen MR) is 50.2 cm³/mol. The monoisotopic (exact) mass is 180 g/mol. The van der Waals surface area contributed by atoms with Gasteiger partial charge in [0.25, 0.3) is 0 Å². The van der Waals surface area contributed by atoms with Crippen LogP contribution in [0.2, 0.25) is 0 Å². The van der Waals surface area contributed by atoms with Gasteiger partial charge in [0.05, 0.1) is 5.92 Å². The Morgan fingerprint density at radius 3 is 2.69 bits per heavy atom. The molecule has 2 aliphatic rings. The molecule has 0 spiro atoms. The van der Waals surface area contributed by atoms with Crippen LogP contribution in [0.25, 0.3) is 0 Å². The Bertz CT molecular complexity index is 265. The van der Waals surface area contributed by atoms with Crippen LogP contribution in [0.3, 0.4) is 0 Å². The molecule has 0 fully saturated rings. The molecule has 0 aromatic carbocycles. The fourth-order valence-electron chi connectivity index (χ4n) is 2.08. The summed E-state index contributed by atoms with van der Waals surface area (Å²) in [6.07, 6.45) is 4.30. The standard InChI is InChI=1S/C11H16O2/c1-7-8(2)13-10-6-4-3-5-9(10)11(7)12/h7-8H,3-6H2,1-2H3. The number of allylic oxidation sites excluding steroid dienone is 2. The summed E-state index contributed by atoms with van der Waals surface area (Å²) in [6, 6.07) is 0. The van der Waals surface area contributed by atoms with Gasteiger partial charge in [0.1, 0.15) is 11.9 Å². The van der Waals surface area contributed by atoms with Gasteiger partial charge in [-0.2, -0.15) is 0 Å². The topological polar surface area (TPSA) is 26.3 Å². The first-order chi connectivity index (χ1) is 6.20. The maximum absolute atomic E-state index is 11.8. The van der Waals surface area contributed by atoms with Crippen molar-refractivity contribution in [2.24, 2.45) is 5.92 Å². The van der Waals surface area contributed by atoms with E-state index in [0.717, 1.165) is 30.6 Å². The van der Waals surface area contributed by atoms with Crippen molar-refractivity contribution in [3.8, 4) is 0 Å². The van der Waals surface area contributed by atoms with E-state index in [1.165, 1.54) is 6.42 Å². The summed E-state index contributed by atoms with van der Waals surface area (Å²) in [4.78, 5) is 11.8. The molecule has 1 heterocycles. The van der Waals surface area contributed by atoms with Crippen LogP contribution in [0.1, 0.15) is 39.5 Å². The highest BCUT2D eigenvalue weighted by Gasteiger charge is 2.33. The Hall–Kier alpha value is -0.790. The number of Topliss-reactive ketones (excluding diaryl/α,β-unsaturated/α-hetero) is 1. The second-order valence-corrected chi connectivity index (χ2v) is 4.08. The zero-order valence-electron chi connectivity index (χ0n) is 8.30. The number of hydrogen-bond acceptors (Lipinski definition) is 2. The van der Waals surface area contributed by atoms with Gasteiger partial charge >= 0.3 is 0 Å². The number of carbonyl (C=O) groups is 1. The number of carbonyl (C=O) groups excluding carboxylic acids is 1. The molecule has 0 bridgehead atoms.